The molecule has 0 spiro atoms. The van der Waals surface area contributed by atoms with Gasteiger partial charge in [0, 0.05) is 29.9 Å². The number of rotatable bonds is 9. The highest BCUT2D eigenvalue weighted by Crippen LogP contribution is 2.31. The zero-order valence-electron chi connectivity index (χ0n) is 20.8. The van der Waals surface area contributed by atoms with Gasteiger partial charge in [0.05, 0.1) is 24.3 Å². The van der Waals surface area contributed by atoms with E-state index in [9.17, 15) is 14.4 Å². The number of aromatic nitrogens is 1. The monoisotopic (exact) mass is 507 g/mol. The minimum Gasteiger partial charge on any atom is -0.462 e. The van der Waals surface area contributed by atoms with E-state index in [1.807, 2.05) is 47.5 Å². The summed E-state index contributed by atoms with van der Waals surface area (Å²) in [5, 5.41) is 5.16. The van der Waals surface area contributed by atoms with Gasteiger partial charge in [0.15, 0.2) is 6.04 Å². The van der Waals surface area contributed by atoms with Crippen molar-refractivity contribution in [3.63, 3.8) is 0 Å². The van der Waals surface area contributed by atoms with Crippen molar-refractivity contribution in [3.8, 4) is 0 Å². The average Bonchev–Trinajstić information content (AvgIpc) is 3.55. The summed E-state index contributed by atoms with van der Waals surface area (Å²) >= 11 is 1.51. The predicted octanol–water partition coefficient (Wildman–Crippen LogP) is 5.03. The Bertz CT molecular complexity index is 1160. The molecular weight excluding hydrogens is 474 g/mol. The Morgan fingerprint density at radius 1 is 1.08 bits per heavy atom. The Balaban J connectivity index is 1.72. The quantitative estimate of drug-likeness (QED) is 0.412. The third-order valence-corrected chi connectivity index (χ3v) is 7.43. The molecule has 0 bridgehead atoms. The lowest BCUT2D eigenvalue weighted by molar-refractivity contribution is -0.127. The predicted molar refractivity (Wildman–Crippen MR) is 141 cm³/mol. The minimum atomic E-state index is -0.854. The van der Waals surface area contributed by atoms with Crippen molar-refractivity contribution >= 4 is 34.8 Å². The summed E-state index contributed by atoms with van der Waals surface area (Å²) in [5.74, 6) is -0.807. The second-order valence-electron chi connectivity index (χ2n) is 9.08. The number of carbonyl (C=O) groups is 3. The number of thiophene rings is 1. The van der Waals surface area contributed by atoms with Crippen LogP contribution in [0.5, 0.6) is 0 Å². The summed E-state index contributed by atoms with van der Waals surface area (Å²) in [4.78, 5) is 42.4. The Hall–Kier alpha value is -3.39. The number of hydrogen-bond donors (Lipinski definition) is 1. The molecule has 7 nitrogen and oxygen atoms in total. The molecule has 1 aromatic carbocycles. The zero-order chi connectivity index (χ0) is 25.5. The molecule has 0 radical (unpaired) electrons. The molecule has 2 aromatic heterocycles. The van der Waals surface area contributed by atoms with E-state index in [0.717, 1.165) is 36.3 Å². The largest absolute Gasteiger partial charge is 0.462 e. The second-order valence-corrected chi connectivity index (χ2v) is 10.1. The molecule has 2 heterocycles. The smallest absolute Gasteiger partial charge is 0.338 e. The van der Waals surface area contributed by atoms with E-state index < -0.39 is 12.0 Å². The van der Waals surface area contributed by atoms with Gasteiger partial charge in [-0.05, 0) is 67.6 Å². The minimum absolute atomic E-state index is 0.106. The maximum absolute atomic E-state index is 13.9. The number of nitrogens with one attached hydrogen (secondary N) is 1. The van der Waals surface area contributed by atoms with Crippen LogP contribution in [-0.2, 0) is 27.8 Å². The van der Waals surface area contributed by atoms with Gasteiger partial charge in [-0.1, -0.05) is 25.3 Å². The number of aryl methyl sites for hydroxylation is 1. The number of benzene rings is 1. The molecule has 4 rings (SSSR count). The third-order valence-electron chi connectivity index (χ3n) is 6.55. The van der Waals surface area contributed by atoms with Gasteiger partial charge in [0.2, 0.25) is 11.8 Å². The first-order valence-electron chi connectivity index (χ1n) is 12.5. The number of amides is 2. The highest BCUT2D eigenvalue weighted by molar-refractivity contribution is 7.10. The van der Waals surface area contributed by atoms with Crippen LogP contribution in [0.25, 0.3) is 0 Å². The summed E-state index contributed by atoms with van der Waals surface area (Å²) in [5.41, 5.74) is 1.67. The lowest BCUT2D eigenvalue weighted by Crippen LogP contribution is -2.48. The number of carbonyl (C=O) groups excluding carboxylic acids is 3. The fourth-order valence-corrected chi connectivity index (χ4v) is 5.42. The zero-order valence-corrected chi connectivity index (χ0v) is 21.6. The molecule has 3 aromatic rings. The third kappa shape index (κ3) is 6.05. The van der Waals surface area contributed by atoms with Gasteiger partial charge in [0.1, 0.15) is 0 Å². The second kappa shape index (κ2) is 12.0. The van der Waals surface area contributed by atoms with Crippen molar-refractivity contribution < 1.29 is 19.1 Å². The maximum atomic E-state index is 13.9. The van der Waals surface area contributed by atoms with Gasteiger partial charge in [0.25, 0.3) is 0 Å². The van der Waals surface area contributed by atoms with Crippen LogP contribution in [0.4, 0.5) is 5.69 Å². The standard InChI is InChI=1S/C28H33N3O4S/c1-3-35-28(34)20-13-15-22(16-14-20)31(25(32)19-23-11-8-18-36-23)26(24-12-7-17-30(24)2)27(33)29-21-9-5-4-6-10-21/h7-8,11-18,21,26H,3-6,9-10,19H2,1-2H3,(H,29,33)/t26-/m0/s1. The van der Waals surface area contributed by atoms with Crippen LogP contribution >= 0.6 is 11.3 Å². The van der Waals surface area contributed by atoms with Gasteiger partial charge in [-0.2, -0.15) is 0 Å². The van der Waals surface area contributed by atoms with E-state index in [0.29, 0.717) is 11.3 Å². The fraction of sp³-hybridized carbons (Fsp3) is 0.393. The van der Waals surface area contributed by atoms with E-state index in [1.165, 1.54) is 17.8 Å². The molecular formula is C28H33N3O4S. The lowest BCUT2D eigenvalue weighted by Gasteiger charge is -2.33. The van der Waals surface area contributed by atoms with Crippen LogP contribution in [-0.4, -0.2) is 35.0 Å². The molecule has 8 heteroatoms. The Morgan fingerprint density at radius 2 is 1.83 bits per heavy atom. The van der Waals surface area contributed by atoms with Crippen LogP contribution in [0.1, 0.15) is 66.0 Å². The molecule has 1 atom stereocenters. The highest BCUT2D eigenvalue weighted by atomic mass is 32.1. The maximum Gasteiger partial charge on any atom is 0.338 e. The number of esters is 1. The fourth-order valence-electron chi connectivity index (χ4n) is 4.73. The van der Waals surface area contributed by atoms with Gasteiger partial charge < -0.3 is 14.6 Å². The molecule has 2 amide bonds. The molecule has 1 saturated carbocycles. The Labute approximate surface area is 216 Å². The Kier molecular flexibility index (Phi) is 8.59. The van der Waals surface area contributed by atoms with E-state index in [-0.39, 0.29) is 30.9 Å². The highest BCUT2D eigenvalue weighted by Gasteiger charge is 2.35. The number of ether oxygens (including phenoxy) is 1. The average molecular weight is 508 g/mol. The molecule has 1 fully saturated rings. The summed E-state index contributed by atoms with van der Waals surface area (Å²) in [6.07, 6.45) is 7.32. The van der Waals surface area contributed by atoms with Gasteiger partial charge in [-0.25, -0.2) is 4.79 Å². The van der Waals surface area contributed by atoms with Crippen LogP contribution in [0, 0.1) is 0 Å². The van der Waals surface area contributed by atoms with Crippen molar-refractivity contribution in [2.24, 2.45) is 7.05 Å². The lowest BCUT2D eigenvalue weighted by atomic mass is 9.95. The summed E-state index contributed by atoms with van der Waals surface area (Å²) in [6, 6.07) is 13.5. The Morgan fingerprint density at radius 3 is 2.44 bits per heavy atom. The van der Waals surface area contributed by atoms with E-state index in [2.05, 4.69) is 5.32 Å². The molecule has 1 aliphatic rings. The summed E-state index contributed by atoms with van der Waals surface area (Å²) < 4.78 is 6.98. The number of nitrogens with zero attached hydrogens (tertiary/aromatic N) is 2. The van der Waals surface area contributed by atoms with Gasteiger partial charge in [-0.15, -0.1) is 11.3 Å². The molecule has 36 heavy (non-hydrogen) atoms. The van der Waals surface area contributed by atoms with Crippen molar-refractivity contribution in [1.82, 2.24) is 9.88 Å². The van der Waals surface area contributed by atoms with Crippen molar-refractivity contribution in [2.75, 3.05) is 11.5 Å². The molecule has 0 aliphatic heterocycles. The van der Waals surface area contributed by atoms with Crippen LogP contribution < -0.4 is 10.2 Å². The normalized spacial score (nSPS) is 14.7. The summed E-state index contributed by atoms with van der Waals surface area (Å²) in [7, 11) is 1.88. The number of hydrogen-bond acceptors (Lipinski definition) is 5. The van der Waals surface area contributed by atoms with Crippen LogP contribution in [0.2, 0.25) is 0 Å². The van der Waals surface area contributed by atoms with Crippen LogP contribution in [0.3, 0.4) is 0 Å². The molecule has 1 N–H and O–H groups in total. The van der Waals surface area contributed by atoms with Crippen molar-refractivity contribution in [3.05, 3.63) is 76.2 Å². The van der Waals surface area contributed by atoms with E-state index in [4.69, 9.17) is 4.74 Å². The molecule has 0 saturated heterocycles. The first-order chi connectivity index (χ1) is 17.5. The molecule has 190 valence electrons. The molecule has 0 unspecified atom stereocenters. The van der Waals surface area contributed by atoms with Gasteiger partial charge >= 0.3 is 5.97 Å². The first-order valence-corrected chi connectivity index (χ1v) is 13.4. The van der Waals surface area contributed by atoms with E-state index in [1.54, 1.807) is 36.1 Å². The van der Waals surface area contributed by atoms with E-state index >= 15 is 0 Å². The van der Waals surface area contributed by atoms with Gasteiger partial charge in [-0.3, -0.25) is 14.5 Å². The molecule has 1 aliphatic carbocycles. The summed E-state index contributed by atoms with van der Waals surface area (Å²) in [6.45, 7) is 2.04. The first kappa shape index (κ1) is 25.7. The van der Waals surface area contributed by atoms with Crippen molar-refractivity contribution in [1.29, 1.82) is 0 Å². The number of anilines is 1. The van der Waals surface area contributed by atoms with Crippen LogP contribution in [0.15, 0.2) is 60.1 Å². The SMILES string of the molecule is CCOC(=O)c1ccc(N(C(=O)Cc2cccs2)[C@H](C(=O)NC2CCCCC2)c2cccn2C)cc1. The topological polar surface area (TPSA) is 80.6 Å². The van der Waals surface area contributed by atoms with Crippen molar-refractivity contribution in [2.45, 2.75) is 57.5 Å².